The van der Waals surface area contributed by atoms with Gasteiger partial charge in [-0.2, -0.15) is 0 Å². The van der Waals surface area contributed by atoms with Gasteiger partial charge in [-0.1, -0.05) is 54.6 Å². The van der Waals surface area contributed by atoms with Gasteiger partial charge in [-0.05, 0) is 48.7 Å². The number of rotatable bonds is 5. The van der Waals surface area contributed by atoms with Crippen molar-refractivity contribution >= 4 is 28.4 Å². The fourth-order valence-corrected chi connectivity index (χ4v) is 4.43. The fraction of sp³-hybridized carbons (Fsp3) is 0.125. The molecule has 27 heavy (non-hydrogen) atoms. The van der Waals surface area contributed by atoms with E-state index in [-0.39, 0.29) is 11.0 Å². The Morgan fingerprint density at radius 3 is 2.41 bits per heavy atom. The Bertz CT molecular complexity index is 1100. The molecule has 134 valence electrons. The maximum absolute atomic E-state index is 13.5. The van der Waals surface area contributed by atoms with Gasteiger partial charge in [0.05, 0.1) is 5.25 Å². The van der Waals surface area contributed by atoms with Crippen LogP contribution in [0.5, 0.6) is 0 Å². The standard InChI is InChI=1S/C24H21NOS/c1-16-12-13-19(14-17(16)2)27-24(18-8-4-3-5-9-18)23(26)21-15-25-22-11-7-6-10-20(21)22/h3-15,24-25H,1-2H3. The molecule has 4 rings (SSSR count). The van der Waals surface area contributed by atoms with Gasteiger partial charge in [0.15, 0.2) is 5.78 Å². The van der Waals surface area contributed by atoms with Gasteiger partial charge in [0.1, 0.15) is 0 Å². The van der Waals surface area contributed by atoms with E-state index >= 15 is 0 Å². The van der Waals surface area contributed by atoms with Gasteiger partial charge in [0.2, 0.25) is 0 Å². The number of para-hydroxylation sites is 1. The maximum atomic E-state index is 13.5. The summed E-state index contributed by atoms with van der Waals surface area (Å²) in [5.41, 5.74) is 5.26. The first kappa shape index (κ1) is 17.6. The summed E-state index contributed by atoms with van der Waals surface area (Å²) in [6, 6.07) is 24.4. The summed E-state index contributed by atoms with van der Waals surface area (Å²) < 4.78 is 0. The highest BCUT2D eigenvalue weighted by atomic mass is 32.2. The van der Waals surface area contributed by atoms with Crippen molar-refractivity contribution in [2.45, 2.75) is 24.0 Å². The van der Waals surface area contributed by atoms with Crippen LogP contribution in [-0.2, 0) is 0 Å². The predicted molar refractivity (Wildman–Crippen MR) is 114 cm³/mol. The van der Waals surface area contributed by atoms with Crippen molar-refractivity contribution in [2.75, 3.05) is 0 Å². The summed E-state index contributed by atoms with van der Waals surface area (Å²) in [6.45, 7) is 4.22. The molecule has 1 aromatic heterocycles. The van der Waals surface area contributed by atoms with E-state index in [1.807, 2.05) is 60.8 Å². The van der Waals surface area contributed by atoms with Crippen LogP contribution in [0.4, 0.5) is 0 Å². The minimum atomic E-state index is -0.285. The Morgan fingerprint density at radius 1 is 0.889 bits per heavy atom. The number of thioether (sulfide) groups is 1. The third-order valence-electron chi connectivity index (χ3n) is 4.93. The molecule has 1 heterocycles. The minimum Gasteiger partial charge on any atom is -0.360 e. The summed E-state index contributed by atoms with van der Waals surface area (Å²) in [5.74, 6) is 0.127. The van der Waals surface area contributed by atoms with Crippen LogP contribution in [0.25, 0.3) is 10.9 Å². The molecule has 1 N–H and O–H groups in total. The molecule has 0 saturated heterocycles. The molecule has 1 unspecified atom stereocenters. The van der Waals surface area contributed by atoms with Crippen molar-refractivity contribution in [1.29, 1.82) is 0 Å². The number of hydrogen-bond acceptors (Lipinski definition) is 2. The van der Waals surface area contributed by atoms with Gasteiger partial charge in [-0.15, -0.1) is 11.8 Å². The predicted octanol–water partition coefficient (Wildman–Crippen LogP) is 6.50. The SMILES string of the molecule is Cc1ccc(SC(C(=O)c2c[nH]c3ccccc23)c2ccccc2)cc1C. The zero-order valence-corrected chi connectivity index (χ0v) is 16.2. The zero-order chi connectivity index (χ0) is 18.8. The van der Waals surface area contributed by atoms with Crippen molar-refractivity contribution in [3.8, 4) is 0 Å². The molecule has 2 nitrogen and oxygen atoms in total. The highest BCUT2D eigenvalue weighted by Gasteiger charge is 2.25. The second-order valence-corrected chi connectivity index (χ2v) is 7.95. The quantitative estimate of drug-likeness (QED) is 0.321. The number of H-pyrrole nitrogens is 1. The smallest absolute Gasteiger partial charge is 0.182 e. The highest BCUT2D eigenvalue weighted by Crippen LogP contribution is 2.39. The second-order valence-electron chi connectivity index (χ2n) is 6.77. The van der Waals surface area contributed by atoms with Crippen LogP contribution in [0.1, 0.15) is 32.3 Å². The number of aryl methyl sites for hydroxylation is 2. The molecular formula is C24H21NOS. The number of nitrogens with one attached hydrogen (secondary N) is 1. The molecule has 0 fully saturated rings. The number of hydrogen-bond donors (Lipinski definition) is 1. The third-order valence-corrected chi connectivity index (χ3v) is 6.18. The first-order valence-corrected chi connectivity index (χ1v) is 9.90. The molecule has 0 radical (unpaired) electrons. The van der Waals surface area contributed by atoms with Crippen molar-refractivity contribution in [1.82, 2.24) is 4.98 Å². The van der Waals surface area contributed by atoms with Gasteiger partial charge in [-0.25, -0.2) is 0 Å². The molecule has 3 aromatic carbocycles. The summed E-state index contributed by atoms with van der Waals surface area (Å²) >= 11 is 1.62. The lowest BCUT2D eigenvalue weighted by Gasteiger charge is -2.16. The van der Waals surface area contributed by atoms with E-state index in [9.17, 15) is 4.79 Å². The summed E-state index contributed by atoms with van der Waals surface area (Å²) in [6.07, 6.45) is 1.84. The van der Waals surface area contributed by atoms with Gasteiger partial charge >= 0.3 is 0 Å². The normalized spacial score (nSPS) is 12.2. The topological polar surface area (TPSA) is 32.9 Å². The number of ketones is 1. The van der Waals surface area contributed by atoms with Crippen LogP contribution in [0.2, 0.25) is 0 Å². The lowest BCUT2D eigenvalue weighted by molar-refractivity contribution is 0.0991. The van der Waals surface area contributed by atoms with Crippen molar-refractivity contribution < 1.29 is 4.79 Å². The van der Waals surface area contributed by atoms with E-state index in [0.29, 0.717) is 0 Å². The van der Waals surface area contributed by atoms with E-state index in [4.69, 9.17) is 0 Å². The van der Waals surface area contributed by atoms with Crippen LogP contribution in [0.15, 0.2) is 83.9 Å². The molecule has 4 aromatic rings. The van der Waals surface area contributed by atoms with Crippen LogP contribution in [-0.4, -0.2) is 10.8 Å². The number of aromatic nitrogens is 1. The summed E-state index contributed by atoms with van der Waals surface area (Å²) in [7, 11) is 0. The number of carbonyl (C=O) groups excluding carboxylic acids is 1. The van der Waals surface area contributed by atoms with E-state index < -0.39 is 0 Å². The number of benzene rings is 3. The van der Waals surface area contributed by atoms with Crippen LogP contribution in [0.3, 0.4) is 0 Å². The number of aromatic amines is 1. The maximum Gasteiger partial charge on any atom is 0.182 e. The molecule has 0 bridgehead atoms. The first-order valence-electron chi connectivity index (χ1n) is 9.02. The van der Waals surface area contributed by atoms with Gasteiger partial charge < -0.3 is 4.98 Å². The Balaban J connectivity index is 1.75. The van der Waals surface area contributed by atoms with Gasteiger partial charge in [-0.3, -0.25) is 4.79 Å². The van der Waals surface area contributed by atoms with Crippen LogP contribution < -0.4 is 0 Å². The Morgan fingerprint density at radius 2 is 1.63 bits per heavy atom. The monoisotopic (exact) mass is 371 g/mol. The fourth-order valence-electron chi connectivity index (χ4n) is 3.24. The van der Waals surface area contributed by atoms with Crippen molar-refractivity contribution in [2.24, 2.45) is 0 Å². The molecule has 0 amide bonds. The Labute approximate surface area is 163 Å². The summed E-state index contributed by atoms with van der Waals surface area (Å²) in [4.78, 5) is 17.9. The largest absolute Gasteiger partial charge is 0.360 e. The molecular weight excluding hydrogens is 350 g/mol. The van der Waals surface area contributed by atoms with E-state index in [1.54, 1.807) is 11.8 Å². The van der Waals surface area contributed by atoms with E-state index in [0.717, 1.165) is 26.9 Å². The molecule has 0 aliphatic heterocycles. The van der Waals surface area contributed by atoms with Gasteiger partial charge in [0.25, 0.3) is 0 Å². The molecule has 0 spiro atoms. The van der Waals surface area contributed by atoms with E-state index in [2.05, 4.69) is 37.0 Å². The Hall–Kier alpha value is -2.78. The number of fused-ring (bicyclic) bond motifs is 1. The van der Waals surface area contributed by atoms with Gasteiger partial charge in [0, 0.05) is 27.6 Å². The molecule has 0 aliphatic carbocycles. The first-order chi connectivity index (χ1) is 13.1. The Kier molecular flexibility index (Phi) is 4.87. The van der Waals surface area contributed by atoms with Crippen molar-refractivity contribution in [3.63, 3.8) is 0 Å². The molecule has 1 atom stereocenters. The van der Waals surface area contributed by atoms with E-state index in [1.165, 1.54) is 11.1 Å². The lowest BCUT2D eigenvalue weighted by atomic mass is 10.0. The van der Waals surface area contributed by atoms with Crippen LogP contribution in [0, 0.1) is 13.8 Å². The second kappa shape index (κ2) is 7.45. The number of carbonyl (C=O) groups is 1. The van der Waals surface area contributed by atoms with Crippen molar-refractivity contribution in [3.05, 3.63) is 101 Å². The third kappa shape index (κ3) is 3.56. The number of Topliss-reactive ketones (excluding diaryl/α,β-unsaturated/α-hetero) is 1. The average Bonchev–Trinajstić information content (AvgIpc) is 3.13. The van der Waals surface area contributed by atoms with Crippen LogP contribution >= 0.6 is 11.8 Å². The lowest BCUT2D eigenvalue weighted by Crippen LogP contribution is -2.09. The zero-order valence-electron chi connectivity index (χ0n) is 15.4. The highest BCUT2D eigenvalue weighted by molar-refractivity contribution is 8.00. The average molecular weight is 372 g/mol. The molecule has 3 heteroatoms. The minimum absolute atomic E-state index is 0.127. The molecule has 0 saturated carbocycles. The molecule has 0 aliphatic rings. The summed E-state index contributed by atoms with van der Waals surface area (Å²) in [5, 5.41) is 0.691.